The first-order valence-electron chi connectivity index (χ1n) is 10.3. The first-order valence-corrected chi connectivity index (χ1v) is 11.2. The molecule has 0 radical (unpaired) electrons. The molecule has 2 aromatic heterocycles. The molecular formula is C20H26N4O4S. The van der Waals surface area contributed by atoms with Crippen LogP contribution in [0.3, 0.4) is 0 Å². The minimum Gasteiger partial charge on any atom is -0.343 e. The van der Waals surface area contributed by atoms with Crippen molar-refractivity contribution in [2.45, 2.75) is 51.6 Å². The Labute approximate surface area is 172 Å². The summed E-state index contributed by atoms with van der Waals surface area (Å²) >= 11 is 1.26. The van der Waals surface area contributed by atoms with Crippen molar-refractivity contribution in [2.24, 2.45) is 0 Å². The van der Waals surface area contributed by atoms with E-state index >= 15 is 0 Å². The summed E-state index contributed by atoms with van der Waals surface area (Å²) in [6, 6.07) is 1.71. The Hall–Kier alpha value is -2.42. The molecule has 156 valence electrons. The molecule has 2 aliphatic rings. The van der Waals surface area contributed by atoms with Crippen LogP contribution in [0.5, 0.6) is 0 Å². The molecule has 2 aromatic rings. The maximum atomic E-state index is 13.1. The van der Waals surface area contributed by atoms with E-state index in [1.165, 1.54) is 15.9 Å². The van der Waals surface area contributed by atoms with Gasteiger partial charge in [0.15, 0.2) is 0 Å². The maximum Gasteiger partial charge on any atom is 0.332 e. The molecule has 2 saturated heterocycles. The molecule has 2 aliphatic heterocycles. The van der Waals surface area contributed by atoms with Gasteiger partial charge in [0.05, 0.1) is 5.52 Å². The van der Waals surface area contributed by atoms with Crippen molar-refractivity contribution in [2.75, 3.05) is 26.2 Å². The third kappa shape index (κ3) is 4.01. The number of amides is 2. The molecule has 0 unspecified atom stereocenters. The number of hydrogen-bond acceptors (Lipinski definition) is 5. The zero-order valence-electron chi connectivity index (χ0n) is 16.5. The highest BCUT2D eigenvalue weighted by molar-refractivity contribution is 7.17. The van der Waals surface area contributed by atoms with E-state index in [2.05, 4.69) is 0 Å². The maximum absolute atomic E-state index is 13.1. The van der Waals surface area contributed by atoms with Crippen molar-refractivity contribution in [3.8, 4) is 0 Å². The second-order valence-electron chi connectivity index (χ2n) is 7.74. The summed E-state index contributed by atoms with van der Waals surface area (Å²) in [6.07, 6.45) is 5.20. The summed E-state index contributed by atoms with van der Waals surface area (Å²) in [4.78, 5) is 54.6. The first-order chi connectivity index (χ1) is 14.1. The summed E-state index contributed by atoms with van der Waals surface area (Å²) in [5, 5.41) is 1.76. The normalized spacial score (nSPS) is 17.2. The number of fused-ring (bicyclic) bond motifs is 1. The number of hydrogen-bond donors (Lipinski definition) is 0. The summed E-state index contributed by atoms with van der Waals surface area (Å²) in [7, 11) is 0. The molecule has 0 aliphatic carbocycles. The van der Waals surface area contributed by atoms with Gasteiger partial charge in [0.2, 0.25) is 11.8 Å². The Balaban J connectivity index is 1.60. The zero-order valence-corrected chi connectivity index (χ0v) is 17.3. The fourth-order valence-electron chi connectivity index (χ4n) is 4.19. The van der Waals surface area contributed by atoms with Gasteiger partial charge in [-0.3, -0.25) is 23.5 Å². The number of nitrogens with zero attached hydrogens (tertiary/aromatic N) is 4. The van der Waals surface area contributed by atoms with E-state index in [0.29, 0.717) is 23.3 Å². The molecule has 0 spiro atoms. The van der Waals surface area contributed by atoms with Gasteiger partial charge in [-0.1, -0.05) is 0 Å². The van der Waals surface area contributed by atoms with Crippen LogP contribution in [-0.4, -0.2) is 56.9 Å². The van der Waals surface area contributed by atoms with Crippen LogP contribution < -0.4 is 11.2 Å². The number of carbonyl (C=O) groups excluding carboxylic acids is 2. The van der Waals surface area contributed by atoms with Crippen molar-refractivity contribution >= 4 is 33.4 Å². The van der Waals surface area contributed by atoms with Gasteiger partial charge in [0, 0.05) is 39.1 Å². The number of aromatic nitrogens is 2. The van der Waals surface area contributed by atoms with Gasteiger partial charge >= 0.3 is 5.69 Å². The molecular weight excluding hydrogens is 392 g/mol. The van der Waals surface area contributed by atoms with Crippen LogP contribution in [0.1, 0.15) is 38.5 Å². The molecule has 4 rings (SSSR count). The van der Waals surface area contributed by atoms with Crippen molar-refractivity contribution in [3.63, 3.8) is 0 Å². The third-order valence-electron chi connectivity index (χ3n) is 5.85. The van der Waals surface area contributed by atoms with E-state index < -0.39 is 5.69 Å². The largest absolute Gasteiger partial charge is 0.343 e. The number of likely N-dealkylation sites (tertiary alicyclic amines) is 2. The van der Waals surface area contributed by atoms with E-state index in [0.717, 1.165) is 49.8 Å². The third-order valence-corrected chi connectivity index (χ3v) is 6.74. The number of carbonyl (C=O) groups is 2. The summed E-state index contributed by atoms with van der Waals surface area (Å²) in [6.45, 7) is 2.87. The molecule has 2 amide bonds. The lowest BCUT2D eigenvalue weighted by Crippen LogP contribution is -2.44. The Morgan fingerprint density at radius 2 is 1.48 bits per heavy atom. The van der Waals surface area contributed by atoms with Crippen molar-refractivity contribution < 1.29 is 9.59 Å². The monoisotopic (exact) mass is 418 g/mol. The van der Waals surface area contributed by atoms with E-state index in [4.69, 9.17) is 0 Å². The van der Waals surface area contributed by atoms with E-state index in [9.17, 15) is 19.2 Å². The molecule has 0 bridgehead atoms. The van der Waals surface area contributed by atoms with Gasteiger partial charge in [-0.25, -0.2) is 4.79 Å². The fourth-order valence-corrected chi connectivity index (χ4v) is 5.04. The number of rotatable bonds is 5. The lowest BCUT2D eigenvalue weighted by molar-refractivity contribution is -0.132. The smallest absolute Gasteiger partial charge is 0.332 e. The molecule has 4 heterocycles. The van der Waals surface area contributed by atoms with Crippen LogP contribution in [0.2, 0.25) is 0 Å². The van der Waals surface area contributed by atoms with E-state index in [1.54, 1.807) is 16.3 Å². The Kier molecular flexibility index (Phi) is 5.84. The van der Waals surface area contributed by atoms with Gasteiger partial charge in [-0.15, -0.1) is 11.3 Å². The minimum atomic E-state index is -0.514. The average molecular weight is 419 g/mol. The minimum absolute atomic E-state index is 0.0260. The van der Waals surface area contributed by atoms with E-state index in [-0.39, 0.29) is 36.9 Å². The molecule has 2 fully saturated rings. The second-order valence-corrected chi connectivity index (χ2v) is 8.66. The van der Waals surface area contributed by atoms with Gasteiger partial charge in [-0.05, 0) is 43.6 Å². The lowest BCUT2D eigenvalue weighted by atomic mass is 10.1. The summed E-state index contributed by atoms with van der Waals surface area (Å²) in [5.74, 6) is -0.131. The molecule has 0 aromatic carbocycles. The number of thiophene rings is 1. The molecule has 0 atom stereocenters. The molecule has 29 heavy (non-hydrogen) atoms. The quantitative estimate of drug-likeness (QED) is 0.732. The molecule has 9 heteroatoms. The Morgan fingerprint density at radius 1 is 0.862 bits per heavy atom. The molecule has 0 N–H and O–H groups in total. The van der Waals surface area contributed by atoms with Crippen LogP contribution in [0, 0.1) is 0 Å². The highest BCUT2D eigenvalue weighted by Gasteiger charge is 2.22. The van der Waals surface area contributed by atoms with Gasteiger partial charge in [-0.2, -0.15) is 0 Å². The van der Waals surface area contributed by atoms with E-state index in [1.807, 2.05) is 4.90 Å². The zero-order chi connectivity index (χ0) is 20.4. The van der Waals surface area contributed by atoms with Crippen LogP contribution >= 0.6 is 11.3 Å². The van der Waals surface area contributed by atoms with Crippen LogP contribution in [0.4, 0.5) is 0 Å². The highest BCUT2D eigenvalue weighted by Crippen LogP contribution is 2.16. The van der Waals surface area contributed by atoms with Gasteiger partial charge in [0.25, 0.3) is 5.56 Å². The van der Waals surface area contributed by atoms with Crippen LogP contribution in [0.25, 0.3) is 10.2 Å². The lowest BCUT2D eigenvalue weighted by Gasteiger charge is -2.26. The summed E-state index contributed by atoms with van der Waals surface area (Å²) in [5.41, 5.74) is -0.396. The molecule has 8 nitrogen and oxygen atoms in total. The standard InChI is InChI=1S/C20H26N4O4S/c25-16(21-8-2-1-3-9-21)6-12-23-19(27)18-15(7-13-29-18)24(20(23)28)14-17(26)22-10-4-5-11-22/h7,13H,1-6,8-12,14H2. The predicted octanol–water partition coefficient (Wildman–Crippen LogP) is 1.25. The Bertz CT molecular complexity index is 1030. The van der Waals surface area contributed by atoms with Crippen LogP contribution in [0.15, 0.2) is 21.0 Å². The SMILES string of the molecule is O=C(CCn1c(=O)c2sccc2n(CC(=O)N2CCCC2)c1=O)N1CCCCC1. The Morgan fingerprint density at radius 3 is 2.17 bits per heavy atom. The fraction of sp³-hybridized carbons (Fsp3) is 0.600. The highest BCUT2D eigenvalue weighted by atomic mass is 32.1. The summed E-state index contributed by atoms with van der Waals surface area (Å²) < 4.78 is 2.96. The second kappa shape index (κ2) is 8.52. The van der Waals surface area contributed by atoms with Gasteiger partial charge in [0.1, 0.15) is 11.2 Å². The molecule has 0 saturated carbocycles. The van der Waals surface area contributed by atoms with Crippen molar-refractivity contribution in [1.82, 2.24) is 18.9 Å². The van der Waals surface area contributed by atoms with Crippen molar-refractivity contribution in [1.29, 1.82) is 0 Å². The van der Waals surface area contributed by atoms with Gasteiger partial charge < -0.3 is 9.80 Å². The predicted molar refractivity (Wildman–Crippen MR) is 111 cm³/mol. The van der Waals surface area contributed by atoms with Crippen molar-refractivity contribution in [3.05, 3.63) is 32.3 Å². The average Bonchev–Trinajstić information content (AvgIpc) is 3.43. The number of piperidine rings is 1. The first kappa shape index (κ1) is 19.9. The topological polar surface area (TPSA) is 84.6 Å². The van der Waals surface area contributed by atoms with Crippen LogP contribution in [-0.2, 0) is 22.7 Å².